The predicted molar refractivity (Wildman–Crippen MR) is 139 cm³/mol. The van der Waals surface area contributed by atoms with Crippen LogP contribution in [0.5, 0.6) is 0 Å². The largest absolute Gasteiger partial charge is 0.462 e. The molecule has 5 nitrogen and oxygen atoms in total. The molecule has 1 fully saturated rings. The van der Waals surface area contributed by atoms with Gasteiger partial charge in [-0.05, 0) is 73.3 Å². The Labute approximate surface area is 206 Å². The molecule has 2 N–H and O–H groups in total. The van der Waals surface area contributed by atoms with E-state index in [4.69, 9.17) is 17.0 Å². The molecule has 1 aliphatic heterocycles. The van der Waals surface area contributed by atoms with Crippen LogP contribution in [-0.2, 0) is 10.3 Å². The van der Waals surface area contributed by atoms with Gasteiger partial charge in [-0.1, -0.05) is 60.7 Å². The summed E-state index contributed by atoms with van der Waals surface area (Å²) in [5.74, 6) is -0.261. The number of aliphatic hydroxyl groups is 1. The topological polar surface area (TPSA) is 61.8 Å². The number of nitrogens with one attached hydrogen (secondary N) is 1. The minimum Gasteiger partial charge on any atom is -0.462 e. The highest BCUT2D eigenvalue weighted by Crippen LogP contribution is 2.41. The third-order valence-electron chi connectivity index (χ3n) is 6.45. The summed E-state index contributed by atoms with van der Waals surface area (Å²) >= 11 is 5.66. The fourth-order valence-corrected chi connectivity index (χ4v) is 4.93. The van der Waals surface area contributed by atoms with E-state index < -0.39 is 5.60 Å². The monoisotopic (exact) mass is 474 g/mol. The van der Waals surface area contributed by atoms with E-state index in [1.165, 1.54) is 0 Å². The third kappa shape index (κ3) is 5.13. The normalized spacial score (nSPS) is 14.5. The Hall–Kier alpha value is -3.22. The summed E-state index contributed by atoms with van der Waals surface area (Å²) < 4.78 is 5.03. The van der Waals surface area contributed by atoms with Crippen molar-refractivity contribution >= 4 is 29.0 Å². The minimum atomic E-state index is -1.05. The van der Waals surface area contributed by atoms with Gasteiger partial charge in [0.2, 0.25) is 0 Å². The van der Waals surface area contributed by atoms with Crippen LogP contribution in [0.2, 0.25) is 0 Å². The van der Waals surface area contributed by atoms with Crippen LogP contribution in [0.4, 0.5) is 5.69 Å². The predicted octanol–water partition coefficient (Wildman–Crippen LogP) is 5.21. The number of nitrogens with zero attached hydrogens (tertiary/aromatic N) is 1. The van der Waals surface area contributed by atoms with Gasteiger partial charge < -0.3 is 20.1 Å². The van der Waals surface area contributed by atoms with Crippen LogP contribution in [-0.4, -0.2) is 40.8 Å². The van der Waals surface area contributed by atoms with Crippen molar-refractivity contribution in [3.63, 3.8) is 0 Å². The Kier molecular flexibility index (Phi) is 7.60. The smallest absolute Gasteiger partial charge is 0.338 e. The lowest BCUT2D eigenvalue weighted by Crippen LogP contribution is -2.47. The maximum Gasteiger partial charge on any atom is 0.338 e. The van der Waals surface area contributed by atoms with Crippen LogP contribution in [0.25, 0.3) is 0 Å². The number of hydrogen-bond donors (Lipinski definition) is 2. The third-order valence-corrected chi connectivity index (χ3v) is 6.81. The Balaban J connectivity index is 1.42. The van der Waals surface area contributed by atoms with Gasteiger partial charge in [-0.15, -0.1) is 0 Å². The van der Waals surface area contributed by atoms with Crippen molar-refractivity contribution in [2.45, 2.75) is 25.4 Å². The minimum absolute atomic E-state index is 0.0696. The summed E-state index contributed by atoms with van der Waals surface area (Å²) in [6.45, 7) is 3.64. The molecule has 0 unspecified atom stereocenters. The first-order valence-electron chi connectivity index (χ1n) is 11.7. The van der Waals surface area contributed by atoms with E-state index in [-0.39, 0.29) is 11.9 Å². The Morgan fingerprint density at radius 3 is 2.00 bits per heavy atom. The highest BCUT2D eigenvalue weighted by Gasteiger charge is 2.41. The quantitative estimate of drug-likeness (QED) is 0.378. The van der Waals surface area contributed by atoms with Gasteiger partial charge in [0.25, 0.3) is 0 Å². The molecule has 0 spiro atoms. The summed E-state index contributed by atoms with van der Waals surface area (Å²) in [5, 5.41) is 16.0. The highest BCUT2D eigenvalue weighted by atomic mass is 32.1. The van der Waals surface area contributed by atoms with Gasteiger partial charge in [-0.3, -0.25) is 0 Å². The fourth-order valence-electron chi connectivity index (χ4n) is 4.63. The summed E-state index contributed by atoms with van der Waals surface area (Å²) in [7, 11) is 0. The van der Waals surface area contributed by atoms with Crippen molar-refractivity contribution < 1.29 is 14.6 Å². The molecule has 1 aliphatic rings. The molecule has 34 heavy (non-hydrogen) atoms. The number of carbonyl (C=O) groups is 1. The van der Waals surface area contributed by atoms with E-state index in [1.807, 2.05) is 72.8 Å². The van der Waals surface area contributed by atoms with E-state index in [1.54, 1.807) is 19.1 Å². The Bertz CT molecular complexity index is 1060. The zero-order valence-corrected chi connectivity index (χ0v) is 20.1. The molecule has 6 heteroatoms. The van der Waals surface area contributed by atoms with Crippen molar-refractivity contribution in [3.8, 4) is 0 Å². The summed E-state index contributed by atoms with van der Waals surface area (Å²) in [5.41, 5.74) is 2.13. The fraction of sp³-hybridized carbons (Fsp3) is 0.286. The van der Waals surface area contributed by atoms with E-state index in [0.717, 1.165) is 42.7 Å². The molecular weight excluding hydrogens is 444 g/mol. The van der Waals surface area contributed by atoms with E-state index in [9.17, 15) is 9.90 Å². The number of likely N-dealkylation sites (tertiary alicyclic amines) is 1. The molecule has 176 valence electrons. The van der Waals surface area contributed by atoms with Gasteiger partial charge in [0.15, 0.2) is 5.11 Å². The maximum atomic E-state index is 12.0. The van der Waals surface area contributed by atoms with Crippen molar-refractivity contribution in [1.29, 1.82) is 0 Å². The lowest BCUT2D eigenvalue weighted by molar-refractivity contribution is -0.00631. The number of carbonyl (C=O) groups excluding carboxylic acids is 1. The van der Waals surface area contributed by atoms with Crippen molar-refractivity contribution in [2.75, 3.05) is 25.0 Å². The number of esters is 1. The van der Waals surface area contributed by atoms with Gasteiger partial charge >= 0.3 is 5.97 Å². The molecular formula is C28H30N2O3S. The summed E-state index contributed by atoms with van der Waals surface area (Å²) in [6.07, 6.45) is 1.62. The molecule has 0 radical (unpaired) electrons. The van der Waals surface area contributed by atoms with Crippen LogP contribution < -0.4 is 5.32 Å². The lowest BCUT2D eigenvalue weighted by Gasteiger charge is -2.43. The first kappa shape index (κ1) is 23.9. The summed E-state index contributed by atoms with van der Waals surface area (Å²) in [6, 6.07) is 27.0. The Morgan fingerprint density at radius 1 is 0.971 bits per heavy atom. The van der Waals surface area contributed by atoms with Gasteiger partial charge in [0.1, 0.15) is 5.60 Å². The number of hydrogen-bond acceptors (Lipinski definition) is 4. The number of rotatable bonds is 6. The first-order valence-corrected chi connectivity index (χ1v) is 12.1. The summed E-state index contributed by atoms with van der Waals surface area (Å²) in [4.78, 5) is 14.0. The standard InChI is InChI=1S/C28H30N2O3S/c1-2-33-26(31)21-13-15-25(16-14-21)29-27(34)30-19-17-24(18-20-30)28(32,22-9-5-3-6-10-22)23-11-7-4-8-12-23/h3-16,24,32H,2,17-20H2,1H3,(H,29,34). The average Bonchev–Trinajstić information content (AvgIpc) is 2.90. The molecule has 0 bridgehead atoms. The molecule has 0 aromatic heterocycles. The molecule has 3 aromatic rings. The number of ether oxygens (including phenoxy) is 1. The number of piperidine rings is 1. The first-order chi connectivity index (χ1) is 16.5. The zero-order valence-electron chi connectivity index (χ0n) is 19.3. The molecule has 0 saturated carbocycles. The highest BCUT2D eigenvalue weighted by molar-refractivity contribution is 7.80. The van der Waals surface area contributed by atoms with Crippen molar-refractivity contribution in [2.24, 2.45) is 5.92 Å². The van der Waals surface area contributed by atoms with Crippen LogP contribution in [0.3, 0.4) is 0 Å². The SMILES string of the molecule is CCOC(=O)c1ccc(NC(=S)N2CCC(C(O)(c3ccccc3)c3ccccc3)CC2)cc1. The second-order valence-corrected chi connectivity index (χ2v) is 8.87. The van der Waals surface area contributed by atoms with Crippen LogP contribution in [0, 0.1) is 5.92 Å². The van der Waals surface area contributed by atoms with Gasteiger partial charge in [0, 0.05) is 18.8 Å². The molecule has 1 heterocycles. The molecule has 0 aliphatic carbocycles. The average molecular weight is 475 g/mol. The second kappa shape index (κ2) is 10.8. The van der Waals surface area contributed by atoms with Crippen LogP contribution in [0.15, 0.2) is 84.9 Å². The van der Waals surface area contributed by atoms with E-state index in [0.29, 0.717) is 17.3 Å². The van der Waals surface area contributed by atoms with Crippen molar-refractivity contribution in [1.82, 2.24) is 4.90 Å². The lowest BCUT2D eigenvalue weighted by atomic mass is 9.72. The van der Waals surface area contributed by atoms with Gasteiger partial charge in [-0.25, -0.2) is 4.79 Å². The van der Waals surface area contributed by atoms with Crippen molar-refractivity contribution in [3.05, 3.63) is 102 Å². The molecule has 1 saturated heterocycles. The molecule has 0 atom stereocenters. The second-order valence-electron chi connectivity index (χ2n) is 8.49. The zero-order chi connectivity index (χ0) is 24.0. The van der Waals surface area contributed by atoms with Crippen LogP contribution in [0.1, 0.15) is 41.3 Å². The molecule has 3 aromatic carbocycles. The number of thiocarbonyl (C=S) groups is 1. The van der Waals surface area contributed by atoms with Crippen LogP contribution >= 0.6 is 12.2 Å². The van der Waals surface area contributed by atoms with E-state index >= 15 is 0 Å². The van der Waals surface area contributed by atoms with Gasteiger partial charge in [0.05, 0.1) is 12.2 Å². The van der Waals surface area contributed by atoms with Gasteiger partial charge in [-0.2, -0.15) is 0 Å². The Morgan fingerprint density at radius 2 is 1.50 bits per heavy atom. The number of anilines is 1. The molecule has 4 rings (SSSR count). The number of benzene rings is 3. The maximum absolute atomic E-state index is 12.0. The molecule has 0 amide bonds. The van der Waals surface area contributed by atoms with E-state index in [2.05, 4.69) is 10.2 Å².